The molecule has 0 radical (unpaired) electrons. The highest BCUT2D eigenvalue weighted by Crippen LogP contribution is 2.48. The van der Waals surface area contributed by atoms with Crippen LogP contribution in [0.3, 0.4) is 0 Å². The molecule has 0 aliphatic heterocycles. The molecule has 6 rings (SSSR count). The van der Waals surface area contributed by atoms with Crippen molar-refractivity contribution in [3.05, 3.63) is 54.4 Å². The van der Waals surface area contributed by atoms with Gasteiger partial charge in [-0.3, -0.25) is 0 Å². The number of anilines is 1. The lowest BCUT2D eigenvalue weighted by atomic mass is 9.79. The summed E-state index contributed by atoms with van der Waals surface area (Å²) in [5.74, 6) is 4.00. The molecule has 2 aliphatic carbocycles. The maximum Gasteiger partial charge on any atom is 0.165 e. The molecular formula is C37H54N4O3Si2. The van der Waals surface area contributed by atoms with Crippen LogP contribution in [-0.2, 0) is 9.47 Å². The van der Waals surface area contributed by atoms with Gasteiger partial charge in [-0.15, -0.1) is 0 Å². The minimum Gasteiger partial charge on any atom is -0.497 e. The van der Waals surface area contributed by atoms with Crippen LogP contribution in [0.1, 0.15) is 43.7 Å². The van der Waals surface area contributed by atoms with Crippen molar-refractivity contribution in [3.63, 3.8) is 0 Å². The van der Waals surface area contributed by atoms with E-state index in [4.69, 9.17) is 24.3 Å². The van der Waals surface area contributed by atoms with E-state index in [0.29, 0.717) is 19.4 Å². The van der Waals surface area contributed by atoms with Gasteiger partial charge in [0.2, 0.25) is 0 Å². The number of fused-ring (bicyclic) bond motifs is 4. The third-order valence-corrected chi connectivity index (χ3v) is 13.4. The summed E-state index contributed by atoms with van der Waals surface area (Å²) >= 11 is 0. The summed E-state index contributed by atoms with van der Waals surface area (Å²) in [7, 11) is -0.699. The highest BCUT2D eigenvalue weighted by Gasteiger charge is 2.36. The molecule has 2 aromatic carbocycles. The van der Waals surface area contributed by atoms with E-state index < -0.39 is 16.1 Å². The van der Waals surface area contributed by atoms with Gasteiger partial charge in [-0.25, -0.2) is 4.98 Å². The van der Waals surface area contributed by atoms with Crippen molar-refractivity contribution in [2.45, 2.75) is 89.4 Å². The molecule has 0 saturated heterocycles. The number of hydrogen-bond acceptors (Lipinski definition) is 6. The Balaban J connectivity index is 1.39. The molecule has 4 aromatic rings. The van der Waals surface area contributed by atoms with Gasteiger partial charge in [-0.1, -0.05) is 70.3 Å². The van der Waals surface area contributed by atoms with Crippen LogP contribution in [0, 0.1) is 11.8 Å². The van der Waals surface area contributed by atoms with Crippen molar-refractivity contribution in [2.75, 3.05) is 38.7 Å². The second-order valence-electron chi connectivity index (χ2n) is 16.2. The van der Waals surface area contributed by atoms with Gasteiger partial charge in [0.25, 0.3) is 0 Å². The molecule has 2 fully saturated rings. The molecule has 2 aliphatic rings. The van der Waals surface area contributed by atoms with E-state index in [0.717, 1.165) is 70.9 Å². The third-order valence-electron chi connectivity index (χ3n) is 9.95. The molecule has 2 saturated carbocycles. The Kier molecular flexibility index (Phi) is 9.95. The van der Waals surface area contributed by atoms with Gasteiger partial charge in [0.15, 0.2) is 5.65 Å². The predicted octanol–water partition coefficient (Wildman–Crippen LogP) is 9.28. The first-order valence-corrected chi connectivity index (χ1v) is 24.7. The summed E-state index contributed by atoms with van der Waals surface area (Å²) in [6.07, 6.45) is 8.59. The highest BCUT2D eigenvalue weighted by molar-refractivity contribution is 6.76. The molecule has 0 unspecified atom stereocenters. The average Bonchev–Trinajstić information content (AvgIpc) is 3.60. The molecule has 0 amide bonds. The molecule has 7 nitrogen and oxygen atoms in total. The second kappa shape index (κ2) is 13.8. The minimum atomic E-state index is -1.21. The van der Waals surface area contributed by atoms with Crippen molar-refractivity contribution in [1.82, 2.24) is 14.6 Å². The van der Waals surface area contributed by atoms with Gasteiger partial charge in [0, 0.05) is 52.6 Å². The Morgan fingerprint density at radius 2 is 1.46 bits per heavy atom. The first-order valence-electron chi connectivity index (χ1n) is 17.3. The van der Waals surface area contributed by atoms with Crippen LogP contribution in [0.2, 0.25) is 51.4 Å². The van der Waals surface area contributed by atoms with Gasteiger partial charge >= 0.3 is 0 Å². The molecule has 0 spiro atoms. The number of aromatic nitrogens is 3. The Hall–Kier alpha value is -2.73. The summed E-state index contributed by atoms with van der Waals surface area (Å²) in [4.78, 5) is 7.67. The van der Waals surface area contributed by atoms with E-state index in [2.05, 4.69) is 80.6 Å². The van der Waals surface area contributed by atoms with Gasteiger partial charge < -0.3 is 19.1 Å². The van der Waals surface area contributed by atoms with Crippen molar-refractivity contribution >= 4 is 38.4 Å². The van der Waals surface area contributed by atoms with Crippen molar-refractivity contribution in [1.29, 1.82) is 0 Å². The van der Waals surface area contributed by atoms with Crippen molar-refractivity contribution < 1.29 is 14.2 Å². The monoisotopic (exact) mass is 658 g/mol. The van der Waals surface area contributed by atoms with Crippen molar-refractivity contribution in [3.8, 4) is 16.9 Å². The zero-order valence-corrected chi connectivity index (χ0v) is 31.1. The first kappa shape index (κ1) is 33.2. The quantitative estimate of drug-likeness (QED) is 0.0765. The number of nitrogens with zero attached hydrogens (tertiary/aromatic N) is 4. The maximum atomic E-state index is 6.38. The van der Waals surface area contributed by atoms with Crippen LogP contribution in [0.15, 0.2) is 48.7 Å². The normalized spacial score (nSPS) is 20.1. The van der Waals surface area contributed by atoms with E-state index in [1.165, 1.54) is 43.2 Å². The zero-order valence-electron chi connectivity index (χ0n) is 29.1. The number of benzene rings is 2. The lowest BCUT2D eigenvalue weighted by Crippen LogP contribution is -2.33. The molecule has 3 atom stereocenters. The molecule has 9 heteroatoms. The Bertz CT molecular complexity index is 1610. The van der Waals surface area contributed by atoms with Crippen LogP contribution >= 0.6 is 0 Å². The third kappa shape index (κ3) is 8.04. The molecule has 0 N–H and O–H groups in total. The van der Waals surface area contributed by atoms with Crippen LogP contribution in [-0.4, -0.2) is 64.5 Å². The van der Waals surface area contributed by atoms with Crippen LogP contribution in [0.5, 0.6) is 5.75 Å². The Morgan fingerprint density at radius 1 is 0.804 bits per heavy atom. The summed E-state index contributed by atoms with van der Waals surface area (Å²) in [6, 6.07) is 17.4. The van der Waals surface area contributed by atoms with E-state index in [1.807, 2.05) is 16.8 Å². The molecular weight excluding hydrogens is 605 g/mol. The molecule has 2 heterocycles. The fourth-order valence-corrected chi connectivity index (χ4v) is 8.66. The fourth-order valence-electron chi connectivity index (χ4n) is 7.15. The Morgan fingerprint density at radius 3 is 2.09 bits per heavy atom. The smallest absolute Gasteiger partial charge is 0.165 e. The summed E-state index contributed by atoms with van der Waals surface area (Å²) < 4.78 is 20.3. The van der Waals surface area contributed by atoms with Crippen LogP contribution < -0.4 is 9.64 Å². The van der Waals surface area contributed by atoms with Crippen LogP contribution in [0.25, 0.3) is 27.5 Å². The van der Waals surface area contributed by atoms with Gasteiger partial charge in [0.05, 0.1) is 13.3 Å². The lowest BCUT2D eigenvalue weighted by Gasteiger charge is -2.30. The SMILES string of the molecule is COc1ccc2ccc(-c3cnn4c(N(COCC[Si](C)(C)C)COCC[Si](C)(C)C)cc([C@H]5C[C@@H]6CC[C@@H](C6)C5)nc34)cc2c1. The first-order chi connectivity index (χ1) is 22.0. The molecule has 248 valence electrons. The van der Waals surface area contributed by atoms with E-state index in [1.54, 1.807) is 7.11 Å². The molecule has 2 aromatic heterocycles. The minimum absolute atomic E-state index is 0.469. The standard InChI is InChI=1S/C37H54N4O3Si2/c1-42-33-13-12-29-10-11-30(21-31(29)22-33)34-24-38-41-36(23-35(39-37(34)41)32-19-27-8-9-28(18-27)20-32)40(25-43-14-16-45(2,3)4)26-44-15-17-46(5,6)7/h10-13,21-24,27-28,32H,8-9,14-20,25-26H2,1-7H3/t27-,28+,32+. The van der Waals surface area contributed by atoms with E-state index in [9.17, 15) is 0 Å². The summed E-state index contributed by atoms with van der Waals surface area (Å²) in [5, 5.41) is 7.31. The summed E-state index contributed by atoms with van der Waals surface area (Å²) in [6.45, 7) is 16.9. The molecule has 2 bridgehead atoms. The zero-order chi connectivity index (χ0) is 32.5. The Labute approximate surface area is 277 Å². The predicted molar refractivity (Wildman–Crippen MR) is 196 cm³/mol. The van der Waals surface area contributed by atoms with Crippen LogP contribution in [0.4, 0.5) is 5.82 Å². The highest BCUT2D eigenvalue weighted by atomic mass is 28.3. The number of rotatable bonds is 14. The van der Waals surface area contributed by atoms with E-state index in [-0.39, 0.29) is 0 Å². The average molecular weight is 659 g/mol. The number of hydrogen-bond donors (Lipinski definition) is 0. The lowest BCUT2D eigenvalue weighted by molar-refractivity contribution is 0.0942. The maximum absolute atomic E-state index is 6.38. The van der Waals surface area contributed by atoms with E-state index >= 15 is 0 Å². The van der Waals surface area contributed by atoms with Gasteiger partial charge in [0.1, 0.15) is 25.0 Å². The number of ether oxygens (including phenoxy) is 3. The topological polar surface area (TPSA) is 61.1 Å². The molecule has 46 heavy (non-hydrogen) atoms. The largest absolute Gasteiger partial charge is 0.497 e. The van der Waals surface area contributed by atoms with Gasteiger partial charge in [-0.05, 0) is 77.7 Å². The fraction of sp³-hybridized carbons (Fsp3) is 0.568. The summed E-state index contributed by atoms with van der Waals surface area (Å²) in [5.41, 5.74) is 4.25. The van der Waals surface area contributed by atoms with Gasteiger partial charge in [-0.2, -0.15) is 9.61 Å². The van der Waals surface area contributed by atoms with Crippen molar-refractivity contribution in [2.24, 2.45) is 11.8 Å². The second-order valence-corrected chi connectivity index (χ2v) is 27.5. The number of methoxy groups -OCH3 is 1.